The van der Waals surface area contributed by atoms with Gasteiger partial charge in [0.15, 0.2) is 11.1 Å². The second-order valence-electron chi connectivity index (χ2n) is 7.71. The standard InChI is InChI=1S/C24H20ClFN2O4/c1-12-9-16(13(2)27-18-7-8-21(25)28-22(18)24(30)31)23-17(10-12)19(29)11-20(32-23)14-3-5-15(26)6-4-14/h3,5,7-11,13,27H,4,6H2,1-2H3,(H,30,31)/t13-/m1/s1. The molecule has 3 aromatic rings. The number of pyridine rings is 1. The average Bonchev–Trinajstić information content (AvgIpc) is 2.75. The summed E-state index contributed by atoms with van der Waals surface area (Å²) in [4.78, 5) is 28.3. The van der Waals surface area contributed by atoms with E-state index in [2.05, 4.69) is 10.3 Å². The van der Waals surface area contributed by atoms with E-state index in [1.807, 2.05) is 19.9 Å². The van der Waals surface area contributed by atoms with E-state index < -0.39 is 12.0 Å². The number of aryl methyl sites for hydroxylation is 1. The molecule has 0 saturated heterocycles. The summed E-state index contributed by atoms with van der Waals surface area (Å²) in [5.41, 5.74) is 2.57. The van der Waals surface area contributed by atoms with Crippen molar-refractivity contribution in [2.75, 3.05) is 5.32 Å². The van der Waals surface area contributed by atoms with Gasteiger partial charge in [-0.2, -0.15) is 0 Å². The van der Waals surface area contributed by atoms with Crippen molar-refractivity contribution in [3.8, 4) is 0 Å². The minimum absolute atomic E-state index is 0.0727. The number of hydrogen-bond acceptors (Lipinski definition) is 5. The first-order chi connectivity index (χ1) is 15.2. The first kappa shape index (κ1) is 21.8. The van der Waals surface area contributed by atoms with Crippen LogP contribution in [0.5, 0.6) is 0 Å². The van der Waals surface area contributed by atoms with Gasteiger partial charge in [0.05, 0.1) is 17.1 Å². The normalized spacial score (nSPS) is 14.6. The number of rotatable bonds is 5. The molecule has 0 fully saturated rings. The van der Waals surface area contributed by atoms with E-state index in [9.17, 15) is 19.1 Å². The molecule has 2 N–H and O–H groups in total. The average molecular weight is 455 g/mol. The number of nitrogens with one attached hydrogen (secondary N) is 1. The summed E-state index contributed by atoms with van der Waals surface area (Å²) < 4.78 is 19.5. The van der Waals surface area contributed by atoms with Gasteiger partial charge < -0.3 is 14.8 Å². The van der Waals surface area contributed by atoms with E-state index in [0.717, 1.165) is 11.1 Å². The smallest absolute Gasteiger partial charge is 0.356 e. The molecular weight excluding hydrogens is 435 g/mol. The molecule has 32 heavy (non-hydrogen) atoms. The van der Waals surface area contributed by atoms with Crippen molar-refractivity contribution < 1.29 is 18.7 Å². The van der Waals surface area contributed by atoms with Gasteiger partial charge in [0.2, 0.25) is 0 Å². The summed E-state index contributed by atoms with van der Waals surface area (Å²) in [5, 5.41) is 13.1. The molecule has 164 valence electrons. The van der Waals surface area contributed by atoms with Crippen molar-refractivity contribution in [2.45, 2.75) is 32.7 Å². The van der Waals surface area contributed by atoms with Crippen LogP contribution < -0.4 is 10.7 Å². The zero-order valence-electron chi connectivity index (χ0n) is 17.4. The van der Waals surface area contributed by atoms with Crippen molar-refractivity contribution in [3.05, 3.63) is 86.3 Å². The Balaban J connectivity index is 1.82. The number of carboxylic acids is 1. The number of benzene rings is 1. The molecule has 0 saturated carbocycles. The third-order valence-electron chi connectivity index (χ3n) is 5.32. The molecule has 8 heteroatoms. The number of halogens is 2. The predicted octanol–water partition coefficient (Wildman–Crippen LogP) is 6.05. The SMILES string of the molecule is Cc1cc([C@@H](C)Nc2ccc(Cl)nc2C(=O)O)c2oc(C3=CC=C(F)CC3)cc(=O)c2c1. The lowest BCUT2D eigenvalue weighted by Gasteiger charge is -2.19. The minimum Gasteiger partial charge on any atom is -0.476 e. The van der Waals surface area contributed by atoms with Gasteiger partial charge in [-0.05, 0) is 55.7 Å². The number of nitrogens with zero attached hydrogens (tertiary/aromatic N) is 1. The van der Waals surface area contributed by atoms with Gasteiger partial charge in [-0.1, -0.05) is 23.7 Å². The Hall–Kier alpha value is -3.45. The zero-order chi connectivity index (χ0) is 23.0. The highest BCUT2D eigenvalue weighted by atomic mass is 35.5. The van der Waals surface area contributed by atoms with E-state index in [1.54, 1.807) is 18.2 Å². The van der Waals surface area contributed by atoms with Gasteiger partial charge in [0.25, 0.3) is 0 Å². The molecule has 0 bridgehead atoms. The summed E-state index contributed by atoms with van der Waals surface area (Å²) in [7, 11) is 0. The second-order valence-corrected chi connectivity index (χ2v) is 8.10. The lowest BCUT2D eigenvalue weighted by molar-refractivity contribution is 0.0691. The molecular formula is C24H20ClFN2O4. The molecule has 2 aromatic heterocycles. The number of hydrogen-bond donors (Lipinski definition) is 2. The van der Waals surface area contributed by atoms with Crippen LogP contribution in [0.25, 0.3) is 16.5 Å². The highest BCUT2D eigenvalue weighted by molar-refractivity contribution is 6.29. The monoisotopic (exact) mass is 454 g/mol. The fourth-order valence-corrected chi connectivity index (χ4v) is 3.90. The highest BCUT2D eigenvalue weighted by Gasteiger charge is 2.20. The summed E-state index contributed by atoms with van der Waals surface area (Å²) in [6, 6.07) is 7.68. The number of carboxylic acid groups (broad SMARTS) is 1. The summed E-state index contributed by atoms with van der Waals surface area (Å²) in [5.74, 6) is -1.03. The zero-order valence-corrected chi connectivity index (χ0v) is 18.2. The first-order valence-corrected chi connectivity index (χ1v) is 10.4. The maximum absolute atomic E-state index is 13.4. The van der Waals surface area contributed by atoms with Crippen molar-refractivity contribution in [2.24, 2.45) is 0 Å². The topological polar surface area (TPSA) is 92.4 Å². The molecule has 1 aromatic carbocycles. The molecule has 1 atom stereocenters. The van der Waals surface area contributed by atoms with Crippen LogP contribution in [0.15, 0.2) is 57.5 Å². The number of allylic oxidation sites excluding steroid dienone is 4. The van der Waals surface area contributed by atoms with Gasteiger partial charge in [-0.15, -0.1) is 0 Å². The van der Waals surface area contributed by atoms with Crippen LogP contribution in [-0.4, -0.2) is 16.1 Å². The summed E-state index contributed by atoms with van der Waals surface area (Å²) in [6.45, 7) is 3.70. The maximum atomic E-state index is 13.4. The van der Waals surface area contributed by atoms with Gasteiger partial charge >= 0.3 is 5.97 Å². The van der Waals surface area contributed by atoms with Crippen molar-refractivity contribution in [1.29, 1.82) is 0 Å². The van der Waals surface area contributed by atoms with E-state index >= 15 is 0 Å². The molecule has 0 radical (unpaired) electrons. The molecule has 0 unspecified atom stereocenters. The van der Waals surface area contributed by atoms with Crippen molar-refractivity contribution in [3.63, 3.8) is 0 Å². The van der Waals surface area contributed by atoms with Crippen LogP contribution >= 0.6 is 11.6 Å². The van der Waals surface area contributed by atoms with Crippen LogP contribution in [0.1, 0.15) is 53.2 Å². The molecule has 1 aliphatic rings. The number of aromatic nitrogens is 1. The number of anilines is 1. The van der Waals surface area contributed by atoms with Gasteiger partial charge in [0, 0.05) is 18.1 Å². The molecule has 1 aliphatic carbocycles. The lowest BCUT2D eigenvalue weighted by atomic mass is 9.98. The fraction of sp³-hybridized carbons (Fsp3) is 0.208. The molecule has 0 amide bonds. The minimum atomic E-state index is -1.21. The predicted molar refractivity (Wildman–Crippen MR) is 122 cm³/mol. The Morgan fingerprint density at radius 1 is 1.25 bits per heavy atom. The first-order valence-electron chi connectivity index (χ1n) is 10.0. The van der Waals surface area contributed by atoms with Gasteiger partial charge in [-0.3, -0.25) is 4.79 Å². The molecule has 6 nitrogen and oxygen atoms in total. The van der Waals surface area contributed by atoms with Gasteiger partial charge in [0.1, 0.15) is 22.3 Å². The molecule has 0 aliphatic heterocycles. The van der Waals surface area contributed by atoms with Crippen LogP contribution in [-0.2, 0) is 0 Å². The Kier molecular flexibility index (Phi) is 5.84. The number of aromatic carboxylic acids is 1. The van der Waals surface area contributed by atoms with Crippen LogP contribution in [0.4, 0.5) is 10.1 Å². The largest absolute Gasteiger partial charge is 0.476 e. The molecule has 0 spiro atoms. The summed E-state index contributed by atoms with van der Waals surface area (Å²) in [6.07, 6.45) is 3.69. The Morgan fingerprint density at radius 2 is 2.03 bits per heavy atom. The van der Waals surface area contributed by atoms with Gasteiger partial charge in [-0.25, -0.2) is 14.2 Å². The summed E-state index contributed by atoms with van der Waals surface area (Å²) >= 11 is 5.85. The van der Waals surface area contributed by atoms with E-state index in [4.69, 9.17) is 16.0 Å². The maximum Gasteiger partial charge on any atom is 0.356 e. The van der Waals surface area contributed by atoms with Crippen LogP contribution in [0, 0.1) is 6.92 Å². The van der Waals surface area contributed by atoms with Crippen LogP contribution in [0.2, 0.25) is 5.15 Å². The highest BCUT2D eigenvalue weighted by Crippen LogP contribution is 2.32. The third-order valence-corrected chi connectivity index (χ3v) is 5.53. The lowest BCUT2D eigenvalue weighted by Crippen LogP contribution is -2.14. The third kappa shape index (κ3) is 4.29. The Labute approximate surface area is 188 Å². The Morgan fingerprint density at radius 3 is 2.72 bits per heavy atom. The van der Waals surface area contributed by atoms with Crippen molar-refractivity contribution >= 4 is 39.8 Å². The number of carbonyl (C=O) groups is 1. The fourth-order valence-electron chi connectivity index (χ4n) is 3.76. The van der Waals surface area contributed by atoms with E-state index in [1.165, 1.54) is 18.2 Å². The molecule has 4 rings (SSSR count). The molecule has 2 heterocycles. The second kappa shape index (κ2) is 8.59. The van der Waals surface area contributed by atoms with E-state index in [-0.39, 0.29) is 34.2 Å². The quantitative estimate of drug-likeness (QED) is 0.456. The van der Waals surface area contributed by atoms with E-state index in [0.29, 0.717) is 28.7 Å². The Bertz CT molecular complexity index is 1360. The van der Waals surface area contributed by atoms with Crippen LogP contribution in [0.3, 0.4) is 0 Å². The number of fused-ring (bicyclic) bond motifs is 1. The van der Waals surface area contributed by atoms with Crippen molar-refractivity contribution in [1.82, 2.24) is 4.98 Å².